The third kappa shape index (κ3) is 4.27. The molecule has 0 aliphatic heterocycles. The topological polar surface area (TPSA) is 72.3 Å². The number of rotatable bonds is 8. The van der Waals surface area contributed by atoms with Gasteiger partial charge >= 0.3 is 0 Å². The highest BCUT2D eigenvalue weighted by molar-refractivity contribution is 5.97. The molecule has 0 radical (unpaired) electrons. The molecule has 38 heavy (non-hydrogen) atoms. The lowest BCUT2D eigenvalue weighted by Gasteiger charge is -2.37. The first kappa shape index (κ1) is 25.4. The molecular formula is C32H34N6. The van der Waals surface area contributed by atoms with Crippen molar-refractivity contribution in [3.63, 3.8) is 0 Å². The first-order valence-corrected chi connectivity index (χ1v) is 13.0. The average Bonchev–Trinajstić information content (AvgIpc) is 3.42. The maximum atomic E-state index is 7.45. The molecule has 2 heterocycles. The van der Waals surface area contributed by atoms with Crippen LogP contribution in [0.5, 0.6) is 0 Å². The summed E-state index contributed by atoms with van der Waals surface area (Å²) in [6, 6.07) is 25.6. The minimum absolute atomic E-state index is 0.708. The van der Waals surface area contributed by atoms with Crippen molar-refractivity contribution in [2.24, 2.45) is 5.73 Å². The second-order valence-corrected chi connectivity index (χ2v) is 9.83. The van der Waals surface area contributed by atoms with Crippen LogP contribution in [0, 0.1) is 6.92 Å². The van der Waals surface area contributed by atoms with Crippen LogP contribution in [-0.2, 0) is 12.0 Å². The smallest absolute Gasteiger partial charge is 0.180 e. The summed E-state index contributed by atoms with van der Waals surface area (Å²) in [7, 11) is 1.98. The van der Waals surface area contributed by atoms with Gasteiger partial charge in [0, 0.05) is 18.1 Å². The van der Waals surface area contributed by atoms with Crippen LogP contribution in [0.25, 0.3) is 27.7 Å². The van der Waals surface area contributed by atoms with E-state index in [-0.39, 0.29) is 0 Å². The highest BCUT2D eigenvalue weighted by atomic mass is 15.5. The van der Waals surface area contributed by atoms with Crippen LogP contribution < -0.4 is 5.73 Å². The molecule has 0 saturated heterocycles. The quantitative estimate of drug-likeness (QED) is 0.266. The van der Waals surface area contributed by atoms with Gasteiger partial charge in [0.1, 0.15) is 5.54 Å². The Labute approximate surface area is 224 Å². The lowest BCUT2D eigenvalue weighted by atomic mass is 9.79. The number of tetrazole rings is 1. The number of pyridine rings is 1. The van der Waals surface area contributed by atoms with E-state index in [1.54, 1.807) is 10.7 Å². The normalized spacial score (nSPS) is 13.6. The Morgan fingerprint density at radius 3 is 2.53 bits per heavy atom. The summed E-state index contributed by atoms with van der Waals surface area (Å²) >= 11 is 0. The number of nitrogens with zero attached hydrogens (tertiary/aromatic N) is 5. The number of hydrogen-bond acceptors (Lipinski definition) is 5. The van der Waals surface area contributed by atoms with Crippen molar-refractivity contribution in [1.82, 2.24) is 24.9 Å². The Hall–Kier alpha value is -4.29. The molecule has 0 amide bonds. The van der Waals surface area contributed by atoms with Gasteiger partial charge in [-0.1, -0.05) is 86.2 Å². The number of allylic oxidation sites excluding steroid dienone is 1. The van der Waals surface area contributed by atoms with Crippen molar-refractivity contribution in [3.05, 3.63) is 120 Å². The Morgan fingerprint density at radius 1 is 1.05 bits per heavy atom. The molecular weight excluding hydrogens is 468 g/mol. The van der Waals surface area contributed by atoms with Gasteiger partial charge in [-0.15, -0.1) is 5.10 Å². The molecule has 2 N–H and O–H groups in total. The van der Waals surface area contributed by atoms with Gasteiger partial charge < -0.3 is 10.6 Å². The molecule has 6 nitrogen and oxygen atoms in total. The molecule has 0 aliphatic carbocycles. The van der Waals surface area contributed by atoms with Crippen molar-refractivity contribution in [2.45, 2.75) is 39.2 Å². The largest absolute Gasteiger partial charge is 0.353 e. The van der Waals surface area contributed by atoms with Crippen molar-refractivity contribution in [1.29, 1.82) is 0 Å². The maximum absolute atomic E-state index is 7.45. The molecule has 0 bridgehead atoms. The number of likely N-dealkylation sites (N-methyl/N-ethyl adjacent to an activating group) is 1. The summed E-state index contributed by atoms with van der Waals surface area (Å²) in [5.74, 6) is 0. The molecule has 1 atom stereocenters. The molecule has 192 valence electrons. The predicted molar refractivity (Wildman–Crippen MR) is 156 cm³/mol. The number of aromatic nitrogens is 4. The van der Waals surface area contributed by atoms with Crippen LogP contribution in [0.15, 0.2) is 97.3 Å². The number of nitrogens with two attached hydrogens (primary N) is 1. The van der Waals surface area contributed by atoms with Crippen molar-refractivity contribution >= 4 is 16.6 Å². The number of benzene rings is 3. The second-order valence-electron chi connectivity index (χ2n) is 9.83. The van der Waals surface area contributed by atoms with Gasteiger partial charge in [0.2, 0.25) is 0 Å². The summed E-state index contributed by atoms with van der Waals surface area (Å²) in [6.07, 6.45) is 5.98. The van der Waals surface area contributed by atoms with Crippen LogP contribution in [0.4, 0.5) is 0 Å². The van der Waals surface area contributed by atoms with E-state index in [0.29, 0.717) is 5.65 Å². The van der Waals surface area contributed by atoms with Crippen molar-refractivity contribution in [2.75, 3.05) is 7.05 Å². The van der Waals surface area contributed by atoms with Crippen LogP contribution in [0.2, 0.25) is 0 Å². The van der Waals surface area contributed by atoms with Gasteiger partial charge in [0.05, 0.1) is 5.52 Å². The number of aryl methyl sites for hydroxylation is 2. The van der Waals surface area contributed by atoms with Crippen molar-refractivity contribution in [3.8, 4) is 11.1 Å². The van der Waals surface area contributed by atoms with Gasteiger partial charge in [0.15, 0.2) is 5.65 Å². The van der Waals surface area contributed by atoms with Gasteiger partial charge in [-0.05, 0) is 82.9 Å². The third-order valence-electron chi connectivity index (χ3n) is 7.35. The molecule has 0 aliphatic rings. The first-order chi connectivity index (χ1) is 18.4. The molecule has 6 heteroatoms. The van der Waals surface area contributed by atoms with Gasteiger partial charge in [-0.2, -0.15) is 4.52 Å². The minimum atomic E-state index is -0.920. The lowest BCUT2D eigenvalue weighted by molar-refractivity contribution is 0.446. The van der Waals surface area contributed by atoms with E-state index in [2.05, 4.69) is 115 Å². The van der Waals surface area contributed by atoms with Crippen LogP contribution in [0.1, 0.15) is 42.5 Å². The SMILES string of the molecule is C=CN(C)/C(=C\C)C(N)(c1ccc(C)cc1)c1ccc2c(c1)c(-c1cccc(CCC)c1)cc1nnnn12. The summed E-state index contributed by atoms with van der Waals surface area (Å²) in [5, 5.41) is 13.5. The second kappa shape index (κ2) is 10.2. The zero-order chi connectivity index (χ0) is 26.9. The van der Waals surface area contributed by atoms with Crippen LogP contribution in [-0.4, -0.2) is 32.0 Å². The minimum Gasteiger partial charge on any atom is -0.353 e. The molecule has 0 spiro atoms. The molecule has 0 fully saturated rings. The highest BCUT2D eigenvalue weighted by Crippen LogP contribution is 2.39. The monoisotopic (exact) mass is 502 g/mol. The lowest BCUT2D eigenvalue weighted by Crippen LogP contribution is -2.44. The average molecular weight is 503 g/mol. The summed E-state index contributed by atoms with van der Waals surface area (Å²) in [6.45, 7) is 10.3. The Kier molecular flexibility index (Phi) is 6.83. The van der Waals surface area contributed by atoms with E-state index in [1.165, 1.54) is 11.1 Å². The van der Waals surface area contributed by atoms with E-state index in [0.717, 1.165) is 51.7 Å². The van der Waals surface area contributed by atoms with Crippen molar-refractivity contribution < 1.29 is 0 Å². The Bertz CT molecular complexity index is 1650. The fourth-order valence-corrected chi connectivity index (χ4v) is 5.35. The van der Waals surface area contributed by atoms with Gasteiger partial charge in [-0.25, -0.2) is 0 Å². The van der Waals surface area contributed by atoms with Crippen LogP contribution >= 0.6 is 0 Å². The zero-order valence-electron chi connectivity index (χ0n) is 22.5. The standard InChI is InChI=1S/C32H34N6/c1-6-10-23-11-9-12-24(19-23)27-21-31-34-35-36-38(31)29-18-17-26(20-28(27)29)32(33,30(7-2)37(5)8-3)25-15-13-22(4)14-16-25/h7-9,11-21H,3,6,10,33H2,1-2,4-5H3/b30-7-. The fourth-order valence-electron chi connectivity index (χ4n) is 5.35. The number of fused-ring (bicyclic) bond motifs is 3. The molecule has 3 aromatic carbocycles. The summed E-state index contributed by atoms with van der Waals surface area (Å²) in [5.41, 5.74) is 15.8. The molecule has 5 aromatic rings. The summed E-state index contributed by atoms with van der Waals surface area (Å²) < 4.78 is 1.79. The predicted octanol–water partition coefficient (Wildman–Crippen LogP) is 6.39. The maximum Gasteiger partial charge on any atom is 0.180 e. The summed E-state index contributed by atoms with van der Waals surface area (Å²) in [4.78, 5) is 1.99. The molecule has 2 aromatic heterocycles. The van der Waals surface area contributed by atoms with E-state index >= 15 is 0 Å². The highest BCUT2D eigenvalue weighted by Gasteiger charge is 2.36. The van der Waals surface area contributed by atoms with E-state index in [9.17, 15) is 0 Å². The van der Waals surface area contributed by atoms with Crippen LogP contribution in [0.3, 0.4) is 0 Å². The Balaban J connectivity index is 1.82. The van der Waals surface area contributed by atoms with Gasteiger partial charge in [0.25, 0.3) is 0 Å². The van der Waals surface area contributed by atoms with Gasteiger partial charge in [-0.3, -0.25) is 0 Å². The first-order valence-electron chi connectivity index (χ1n) is 13.0. The molecule has 5 rings (SSSR count). The number of hydrogen-bond donors (Lipinski definition) is 1. The zero-order valence-corrected chi connectivity index (χ0v) is 22.5. The third-order valence-corrected chi connectivity index (χ3v) is 7.35. The van der Waals surface area contributed by atoms with E-state index in [4.69, 9.17) is 5.73 Å². The van der Waals surface area contributed by atoms with E-state index < -0.39 is 5.54 Å². The molecule has 0 saturated carbocycles. The molecule has 1 unspecified atom stereocenters. The fraction of sp³-hybridized carbons (Fsp3) is 0.219. The van der Waals surface area contributed by atoms with E-state index in [1.807, 2.05) is 18.9 Å². The Morgan fingerprint density at radius 2 is 1.82 bits per heavy atom.